The van der Waals surface area contributed by atoms with E-state index in [0.29, 0.717) is 5.92 Å². The predicted molar refractivity (Wildman–Crippen MR) is 56.8 cm³/mol. The first-order valence-electron chi connectivity index (χ1n) is 4.90. The van der Waals surface area contributed by atoms with Crippen LogP contribution in [-0.2, 0) is 4.74 Å². The van der Waals surface area contributed by atoms with E-state index in [-0.39, 0.29) is 6.10 Å². The van der Waals surface area contributed by atoms with Gasteiger partial charge in [-0.15, -0.1) is 0 Å². The van der Waals surface area contributed by atoms with Crippen molar-refractivity contribution in [3.8, 4) is 0 Å². The molecule has 1 aliphatic rings. The highest BCUT2D eigenvalue weighted by molar-refractivity contribution is 7.09. The Morgan fingerprint density at radius 3 is 3.07 bits per heavy atom. The maximum Gasteiger partial charge on any atom is 0.202 e. The Kier molecular flexibility index (Phi) is 2.98. The molecule has 0 radical (unpaired) electrons. The second kappa shape index (κ2) is 4.23. The van der Waals surface area contributed by atoms with E-state index in [0.717, 1.165) is 17.5 Å². The van der Waals surface area contributed by atoms with E-state index in [1.165, 1.54) is 24.4 Å². The second-order valence-corrected chi connectivity index (χ2v) is 4.41. The molecule has 14 heavy (non-hydrogen) atoms. The molecule has 1 aromatic rings. The summed E-state index contributed by atoms with van der Waals surface area (Å²) in [5.74, 6) is 1.66. The summed E-state index contributed by atoms with van der Waals surface area (Å²) < 4.78 is 9.44. The Labute approximate surface area is 87.9 Å². The quantitative estimate of drug-likeness (QED) is 0.811. The molecule has 1 N–H and O–H groups in total. The van der Waals surface area contributed by atoms with Crippen LogP contribution in [0.5, 0.6) is 0 Å². The number of methoxy groups -OCH3 is 1. The minimum absolute atomic E-state index is 0.211. The molecule has 2 rings (SSSR count). The molecule has 5 heteroatoms. The maximum absolute atomic E-state index is 5.13. The molecule has 1 aromatic heterocycles. The van der Waals surface area contributed by atoms with E-state index in [2.05, 4.69) is 14.7 Å². The fraction of sp³-hybridized carbons (Fsp3) is 0.778. The van der Waals surface area contributed by atoms with Crippen molar-refractivity contribution in [2.75, 3.05) is 19.0 Å². The van der Waals surface area contributed by atoms with Crippen molar-refractivity contribution in [1.82, 2.24) is 9.36 Å². The molecular weight excluding hydrogens is 198 g/mol. The zero-order valence-corrected chi connectivity index (χ0v) is 9.30. The van der Waals surface area contributed by atoms with Crippen molar-refractivity contribution < 1.29 is 4.74 Å². The van der Waals surface area contributed by atoms with Gasteiger partial charge in [-0.25, -0.2) is 4.98 Å². The van der Waals surface area contributed by atoms with Crippen molar-refractivity contribution in [2.45, 2.75) is 31.8 Å². The molecule has 1 atom stereocenters. The van der Waals surface area contributed by atoms with Gasteiger partial charge in [-0.3, -0.25) is 0 Å². The average molecular weight is 213 g/mol. The molecule has 1 fully saturated rings. The summed E-state index contributed by atoms with van der Waals surface area (Å²) in [6.45, 7) is 2.81. The molecule has 1 saturated carbocycles. The standard InChI is InChI=1S/C9H15N3OS/c1-6(13-2)5-10-9-11-8(12-14-9)7-3-4-7/h6-7H,3-5H2,1-2H3,(H,10,11,12). The molecule has 0 amide bonds. The SMILES string of the molecule is COC(C)CNc1nc(C2CC2)ns1. The number of aromatic nitrogens is 2. The molecule has 78 valence electrons. The van der Waals surface area contributed by atoms with Crippen LogP contribution < -0.4 is 5.32 Å². The highest BCUT2D eigenvalue weighted by Gasteiger charge is 2.27. The maximum atomic E-state index is 5.13. The monoisotopic (exact) mass is 213 g/mol. The van der Waals surface area contributed by atoms with Gasteiger partial charge in [0.2, 0.25) is 5.13 Å². The third-order valence-corrected chi connectivity index (χ3v) is 3.01. The van der Waals surface area contributed by atoms with Crippen LogP contribution in [0.4, 0.5) is 5.13 Å². The largest absolute Gasteiger partial charge is 0.380 e. The lowest BCUT2D eigenvalue weighted by atomic mass is 10.4. The van der Waals surface area contributed by atoms with E-state index in [4.69, 9.17) is 4.74 Å². The normalized spacial score (nSPS) is 18.1. The molecule has 1 aliphatic carbocycles. The Balaban J connectivity index is 1.83. The lowest BCUT2D eigenvalue weighted by molar-refractivity contribution is 0.129. The first-order chi connectivity index (χ1) is 6.79. The Morgan fingerprint density at radius 1 is 1.64 bits per heavy atom. The van der Waals surface area contributed by atoms with Gasteiger partial charge in [-0.1, -0.05) is 0 Å². The predicted octanol–water partition coefficient (Wildman–Crippen LogP) is 1.86. The number of nitrogens with zero attached hydrogens (tertiary/aromatic N) is 2. The minimum Gasteiger partial charge on any atom is -0.380 e. The smallest absolute Gasteiger partial charge is 0.202 e. The van der Waals surface area contributed by atoms with Crippen molar-refractivity contribution in [3.63, 3.8) is 0 Å². The van der Waals surface area contributed by atoms with Crippen molar-refractivity contribution >= 4 is 16.7 Å². The van der Waals surface area contributed by atoms with Gasteiger partial charge in [0.1, 0.15) is 5.82 Å². The summed E-state index contributed by atoms with van der Waals surface area (Å²) in [6.07, 6.45) is 2.72. The van der Waals surface area contributed by atoms with Gasteiger partial charge < -0.3 is 10.1 Å². The summed E-state index contributed by atoms with van der Waals surface area (Å²) in [4.78, 5) is 4.42. The van der Waals surface area contributed by atoms with Crippen LogP contribution in [0, 0.1) is 0 Å². The third kappa shape index (κ3) is 2.42. The molecule has 0 aliphatic heterocycles. The van der Waals surface area contributed by atoms with Crippen LogP contribution in [0.2, 0.25) is 0 Å². The van der Waals surface area contributed by atoms with E-state index < -0.39 is 0 Å². The van der Waals surface area contributed by atoms with Gasteiger partial charge in [-0.2, -0.15) is 4.37 Å². The summed E-state index contributed by atoms with van der Waals surface area (Å²) in [7, 11) is 1.71. The Hall–Kier alpha value is -0.680. The molecular formula is C9H15N3OS. The van der Waals surface area contributed by atoms with Crippen molar-refractivity contribution in [3.05, 3.63) is 5.82 Å². The lowest BCUT2D eigenvalue weighted by Gasteiger charge is -2.08. The van der Waals surface area contributed by atoms with Gasteiger partial charge in [0.25, 0.3) is 0 Å². The Bertz CT molecular complexity index is 298. The van der Waals surface area contributed by atoms with Crippen LogP contribution in [0.1, 0.15) is 31.5 Å². The number of rotatable bonds is 5. The summed E-state index contributed by atoms with van der Waals surface area (Å²) in [5, 5.41) is 4.13. The first-order valence-corrected chi connectivity index (χ1v) is 5.67. The number of ether oxygens (including phenoxy) is 1. The molecule has 0 bridgehead atoms. The number of hydrogen-bond donors (Lipinski definition) is 1. The molecule has 4 nitrogen and oxygen atoms in total. The zero-order chi connectivity index (χ0) is 9.97. The highest BCUT2D eigenvalue weighted by Crippen LogP contribution is 2.39. The molecule has 0 aromatic carbocycles. The third-order valence-electron chi connectivity index (χ3n) is 2.33. The second-order valence-electron chi connectivity index (χ2n) is 3.66. The average Bonchev–Trinajstić information content (AvgIpc) is 2.95. The summed E-state index contributed by atoms with van der Waals surface area (Å²) in [6, 6.07) is 0. The van der Waals surface area contributed by atoms with Gasteiger partial charge >= 0.3 is 0 Å². The zero-order valence-electron chi connectivity index (χ0n) is 8.49. The van der Waals surface area contributed by atoms with Gasteiger partial charge in [0.05, 0.1) is 6.10 Å². The number of hydrogen-bond acceptors (Lipinski definition) is 5. The number of nitrogens with one attached hydrogen (secondary N) is 1. The highest BCUT2D eigenvalue weighted by atomic mass is 32.1. The number of anilines is 1. The minimum atomic E-state index is 0.211. The molecule has 1 heterocycles. The van der Waals surface area contributed by atoms with Crippen LogP contribution >= 0.6 is 11.5 Å². The Morgan fingerprint density at radius 2 is 2.43 bits per heavy atom. The van der Waals surface area contributed by atoms with Gasteiger partial charge in [0, 0.05) is 31.1 Å². The van der Waals surface area contributed by atoms with E-state index in [1.54, 1.807) is 7.11 Å². The van der Waals surface area contributed by atoms with Crippen LogP contribution in [0.25, 0.3) is 0 Å². The lowest BCUT2D eigenvalue weighted by Crippen LogP contribution is -2.17. The fourth-order valence-corrected chi connectivity index (χ4v) is 1.78. The molecule has 1 unspecified atom stereocenters. The van der Waals surface area contributed by atoms with Crippen molar-refractivity contribution in [2.24, 2.45) is 0 Å². The van der Waals surface area contributed by atoms with Crippen LogP contribution in [0.15, 0.2) is 0 Å². The molecule has 0 saturated heterocycles. The van der Waals surface area contributed by atoms with E-state index >= 15 is 0 Å². The van der Waals surface area contributed by atoms with Crippen molar-refractivity contribution in [1.29, 1.82) is 0 Å². The summed E-state index contributed by atoms with van der Waals surface area (Å²) >= 11 is 1.44. The van der Waals surface area contributed by atoms with Crippen LogP contribution in [0.3, 0.4) is 0 Å². The topological polar surface area (TPSA) is 47.0 Å². The van der Waals surface area contributed by atoms with Gasteiger partial charge in [-0.05, 0) is 19.8 Å². The first kappa shape index (κ1) is 9.86. The van der Waals surface area contributed by atoms with Gasteiger partial charge in [0.15, 0.2) is 0 Å². The molecule has 0 spiro atoms. The summed E-state index contributed by atoms with van der Waals surface area (Å²) in [5.41, 5.74) is 0. The fourth-order valence-electron chi connectivity index (χ4n) is 1.13. The van der Waals surface area contributed by atoms with E-state index in [9.17, 15) is 0 Å². The van der Waals surface area contributed by atoms with E-state index in [1.807, 2.05) is 6.92 Å². The van der Waals surface area contributed by atoms with Crippen LogP contribution in [-0.4, -0.2) is 29.1 Å².